The van der Waals surface area contributed by atoms with E-state index in [4.69, 9.17) is 11.5 Å². The highest BCUT2D eigenvalue weighted by Gasteiger charge is 2.70. The van der Waals surface area contributed by atoms with Crippen LogP contribution in [-0.4, -0.2) is 92.6 Å². The molecule has 15 nitrogen and oxygen atoms in total. The highest BCUT2D eigenvalue weighted by Crippen LogP contribution is 2.61. The molecule has 3 heterocycles. The summed E-state index contributed by atoms with van der Waals surface area (Å²) in [5.41, 5.74) is 6.16. The summed E-state index contributed by atoms with van der Waals surface area (Å²) in [6, 6.07) is 17.1. The van der Waals surface area contributed by atoms with Crippen molar-refractivity contribution in [3.63, 3.8) is 0 Å². The van der Waals surface area contributed by atoms with Crippen LogP contribution in [0.3, 0.4) is 0 Å². The maximum Gasteiger partial charge on any atom is 0.416 e. The first-order valence-corrected chi connectivity index (χ1v) is 21.9. The van der Waals surface area contributed by atoms with Gasteiger partial charge in [-0.2, -0.15) is 13.2 Å². The van der Waals surface area contributed by atoms with Gasteiger partial charge in [0.2, 0.25) is 11.8 Å². The van der Waals surface area contributed by atoms with E-state index >= 15 is 0 Å². The van der Waals surface area contributed by atoms with Crippen molar-refractivity contribution in [2.24, 2.45) is 17.4 Å². The first-order valence-electron chi connectivity index (χ1n) is 21.9. The van der Waals surface area contributed by atoms with Gasteiger partial charge in [-0.1, -0.05) is 69.3 Å². The largest absolute Gasteiger partial charge is 0.465 e. The number of benzene rings is 3. The van der Waals surface area contributed by atoms with Crippen molar-refractivity contribution < 1.29 is 52.2 Å². The average molecular weight is 902 g/mol. The van der Waals surface area contributed by atoms with E-state index in [1.807, 2.05) is 23.6 Å². The van der Waals surface area contributed by atoms with E-state index in [0.717, 1.165) is 12.1 Å². The second-order valence-electron chi connectivity index (χ2n) is 19.2. The van der Waals surface area contributed by atoms with Crippen molar-refractivity contribution in [1.29, 1.82) is 0 Å². The number of hydrogen-bond acceptors (Lipinski definition) is 9. The highest BCUT2D eigenvalue weighted by molar-refractivity contribution is 6.01. The lowest BCUT2D eigenvalue weighted by Crippen LogP contribution is -2.72. The third-order valence-corrected chi connectivity index (χ3v) is 16.0. The van der Waals surface area contributed by atoms with Crippen molar-refractivity contribution in [2.75, 3.05) is 18.0 Å². The number of imide groups is 2. The number of amides is 6. The van der Waals surface area contributed by atoms with Crippen LogP contribution in [0.25, 0.3) is 0 Å². The minimum atomic E-state index is -4.65. The number of halogens is 3. The maximum absolute atomic E-state index is 15.0. The summed E-state index contributed by atoms with van der Waals surface area (Å²) in [5.74, 6) is -3.48. The fraction of sp³-hybridized carbons (Fsp3) is 0.489. The molecule has 0 radical (unpaired) electrons. The van der Waals surface area contributed by atoms with Crippen molar-refractivity contribution >= 4 is 41.5 Å². The molecule has 9 atom stereocenters. The van der Waals surface area contributed by atoms with E-state index in [2.05, 4.69) is 15.5 Å². The number of nitrogens with zero attached hydrogens (tertiary/aromatic N) is 3. The number of anilines is 1. The van der Waals surface area contributed by atoms with Crippen LogP contribution in [0, 0.1) is 5.92 Å². The molecule has 8 N–H and O–H groups in total. The normalized spacial score (nSPS) is 33.0. The van der Waals surface area contributed by atoms with E-state index in [0.29, 0.717) is 60.0 Å². The Morgan fingerprint density at radius 1 is 0.692 bits per heavy atom. The first-order chi connectivity index (χ1) is 30.5. The van der Waals surface area contributed by atoms with Gasteiger partial charge in [0.1, 0.15) is 11.1 Å². The number of hydrogen-bond donors (Lipinski definition) is 6. The van der Waals surface area contributed by atoms with Gasteiger partial charge in [-0.15, -0.1) is 0 Å². The van der Waals surface area contributed by atoms with Gasteiger partial charge in [0.25, 0.3) is 11.8 Å². The van der Waals surface area contributed by atoms with Crippen molar-refractivity contribution in [3.8, 4) is 0 Å². The number of nitrogens with one attached hydrogen (secondary N) is 2. The Balaban J connectivity index is 1.33. The number of fused-ring (bicyclic) bond motifs is 4. The molecule has 2 aliphatic carbocycles. The molecule has 18 heteroatoms. The summed E-state index contributed by atoms with van der Waals surface area (Å²) in [4.78, 5) is 86.7. The number of carbonyl (C=O) groups is 6. The fourth-order valence-electron chi connectivity index (χ4n) is 13.5. The summed E-state index contributed by atoms with van der Waals surface area (Å²) in [5, 5.41) is 24.4. The summed E-state index contributed by atoms with van der Waals surface area (Å²) >= 11 is 0. The van der Waals surface area contributed by atoms with E-state index in [9.17, 15) is 52.2 Å². The highest BCUT2D eigenvalue weighted by atomic mass is 19.4. The topological polar surface area (TPSA) is 229 Å². The predicted octanol–water partition coefficient (Wildman–Crippen LogP) is 5.28. The van der Waals surface area contributed by atoms with E-state index in [1.54, 1.807) is 62.4 Å². The molecule has 5 aliphatic rings. The number of likely N-dealkylation sites (tertiary alicyclic amines) is 2. The molecule has 4 bridgehead atoms. The van der Waals surface area contributed by atoms with Crippen LogP contribution in [0.4, 0.5) is 28.4 Å². The van der Waals surface area contributed by atoms with Crippen LogP contribution in [0.15, 0.2) is 72.8 Å². The molecule has 3 aromatic carbocycles. The van der Waals surface area contributed by atoms with E-state index in [-0.39, 0.29) is 31.8 Å². The summed E-state index contributed by atoms with van der Waals surface area (Å²) in [6.07, 6.45) is -6.09. The zero-order chi connectivity index (χ0) is 47.2. The van der Waals surface area contributed by atoms with Gasteiger partial charge in [-0.25, -0.2) is 9.59 Å². The molecule has 3 saturated heterocycles. The van der Waals surface area contributed by atoms with Crippen LogP contribution >= 0.6 is 0 Å². The monoisotopic (exact) mass is 901 g/mol. The summed E-state index contributed by atoms with van der Waals surface area (Å²) < 4.78 is 42.6. The molecular weight excluding hydrogens is 848 g/mol. The van der Waals surface area contributed by atoms with Gasteiger partial charge < -0.3 is 26.6 Å². The number of carboxylic acid groups (broad SMARTS) is 2. The average Bonchev–Trinajstić information content (AvgIpc) is 4.01. The van der Waals surface area contributed by atoms with E-state index < -0.39 is 93.1 Å². The van der Waals surface area contributed by atoms with Gasteiger partial charge in [0.05, 0.1) is 11.1 Å². The molecule has 5 unspecified atom stereocenters. The van der Waals surface area contributed by atoms with Crippen molar-refractivity contribution in [3.05, 3.63) is 101 Å². The quantitative estimate of drug-likeness (QED) is 0.145. The Hall–Kier alpha value is -6.01. The molecule has 8 rings (SSSR count). The Morgan fingerprint density at radius 2 is 1.15 bits per heavy atom. The lowest BCUT2D eigenvalue weighted by Gasteiger charge is -2.57. The fourth-order valence-corrected chi connectivity index (χ4v) is 13.5. The Bertz CT molecular complexity index is 2490. The second-order valence-corrected chi connectivity index (χ2v) is 19.2. The minimum absolute atomic E-state index is 0.271. The van der Waals surface area contributed by atoms with Gasteiger partial charge in [-0.3, -0.25) is 39.6 Å². The number of nitrogens with two attached hydrogens (primary N) is 2. The van der Waals surface area contributed by atoms with Crippen LogP contribution in [0.5, 0.6) is 0 Å². The van der Waals surface area contributed by atoms with Crippen LogP contribution in [0.1, 0.15) is 100 Å². The number of alkyl halides is 3. The maximum atomic E-state index is 15.0. The Kier molecular flexibility index (Phi) is 10.9. The van der Waals surface area contributed by atoms with Crippen molar-refractivity contribution in [1.82, 2.24) is 20.4 Å². The van der Waals surface area contributed by atoms with E-state index in [1.165, 1.54) is 12.1 Å². The lowest BCUT2D eigenvalue weighted by atomic mass is 9.64. The molecule has 6 amide bonds. The third-order valence-electron chi connectivity index (χ3n) is 16.0. The van der Waals surface area contributed by atoms with Crippen LogP contribution in [0.2, 0.25) is 0 Å². The Morgan fingerprint density at radius 3 is 1.63 bits per heavy atom. The molecule has 3 aromatic rings. The minimum Gasteiger partial charge on any atom is -0.465 e. The smallest absolute Gasteiger partial charge is 0.416 e. The van der Waals surface area contributed by atoms with Gasteiger partial charge >= 0.3 is 18.4 Å². The first kappa shape index (κ1) is 45.6. The molecule has 0 saturated carbocycles. The third kappa shape index (κ3) is 6.44. The zero-order valence-electron chi connectivity index (χ0n) is 36.6. The van der Waals surface area contributed by atoms with Crippen LogP contribution in [-0.2, 0) is 47.3 Å². The molecule has 3 fully saturated rings. The molecule has 3 aliphatic heterocycles. The number of carbonyl (C=O) groups excluding carboxylic acids is 4. The number of primary amides is 2. The molecule has 0 aromatic heterocycles. The Labute approximate surface area is 373 Å². The van der Waals surface area contributed by atoms with Crippen molar-refractivity contribution in [2.45, 2.75) is 124 Å². The van der Waals surface area contributed by atoms with Crippen LogP contribution < -0.4 is 27.0 Å². The van der Waals surface area contributed by atoms with Gasteiger partial charge in [0.15, 0.2) is 0 Å². The molecule has 346 valence electrons. The summed E-state index contributed by atoms with van der Waals surface area (Å²) in [7, 11) is 0. The van der Waals surface area contributed by atoms with Gasteiger partial charge in [-0.05, 0) is 105 Å². The molecule has 0 spiro atoms. The molecule has 65 heavy (non-hydrogen) atoms. The zero-order valence-corrected chi connectivity index (χ0v) is 36.6. The summed E-state index contributed by atoms with van der Waals surface area (Å²) in [6.45, 7) is 8.03. The predicted molar refractivity (Wildman–Crippen MR) is 230 cm³/mol. The standard InChI is InChI=1S/C47H54F3N7O8/c1-26-21-34(33-13-7-19-55(33)45(38(60)53-40(62)63)30-11-5-9-28(22-30)42(45,2)24-36(51)58)57(32-17-15-27(16-18-32)47(48,49)50)44(26,4)35-14-8-20-56(35)46(39(61)54-41(64)65)31-12-6-10-29(23-31)43(46,3)25-37(52)59/h5-6,9-12,15-18,22-23,26,33-35H,7-8,13-14,19-21,24-25H2,1-4H3,(H2,51,58)(H2,52,59)(H,53,60)(H,54,61)(H,62,63)(H,64,65)/t26?,33?,34-,35?,42?,43?,44-,45-,46-/m1/s1. The second kappa shape index (κ2) is 15.6. The lowest BCUT2D eigenvalue weighted by molar-refractivity contribution is -0.143. The number of rotatable bonds is 11. The molecular formula is C47H54F3N7O8. The van der Waals surface area contributed by atoms with Gasteiger partial charge in [0, 0.05) is 47.5 Å². The SMILES string of the molecule is CC1C[C@H](C2CCCN2[C@@]2(C(=O)NC(=O)O)c3cccc(c3)C2(C)CC(N)=O)N(c2ccc(C(F)(F)F)cc2)[C@@]1(C)C1CCCN1[C@@]1(C(=O)NC(=O)O)c2cccc(c2)C1(C)CC(N)=O.